The monoisotopic (exact) mass is 474 g/mol. The van der Waals surface area contributed by atoms with Crippen LogP contribution < -0.4 is 5.32 Å². The Bertz CT molecular complexity index is 1430. The fraction of sp³-hybridized carbons (Fsp3) is 0.0833. The first-order chi connectivity index (χ1) is 16.2. The first kappa shape index (κ1) is 22.7. The standard InChI is InChI=1S/C24H18N4O5S/c1-14-5-3-4-6-19(14)24-26-21(13-34-24)16-7-9-17(10-8-16)25-23(29)20-11-18(27(30)31)12-22(15(20)2)28(32)33/h3-13H,1-2H3,(H,25,29). The summed E-state index contributed by atoms with van der Waals surface area (Å²) in [7, 11) is 0. The summed E-state index contributed by atoms with van der Waals surface area (Å²) in [5.41, 5.74) is 3.22. The summed E-state index contributed by atoms with van der Waals surface area (Å²) in [4.78, 5) is 38.4. The lowest BCUT2D eigenvalue weighted by Crippen LogP contribution is -2.14. The van der Waals surface area contributed by atoms with Crippen molar-refractivity contribution < 1.29 is 14.6 Å². The van der Waals surface area contributed by atoms with E-state index in [1.807, 2.05) is 36.6 Å². The van der Waals surface area contributed by atoms with E-state index in [2.05, 4.69) is 5.32 Å². The molecule has 170 valence electrons. The highest BCUT2D eigenvalue weighted by Crippen LogP contribution is 2.32. The molecule has 0 radical (unpaired) electrons. The maximum atomic E-state index is 12.8. The summed E-state index contributed by atoms with van der Waals surface area (Å²) in [6, 6.07) is 16.9. The third kappa shape index (κ3) is 4.52. The third-order valence-corrected chi connectivity index (χ3v) is 6.21. The van der Waals surface area contributed by atoms with Gasteiger partial charge in [0.1, 0.15) is 5.01 Å². The zero-order valence-corrected chi connectivity index (χ0v) is 19.0. The number of anilines is 1. The highest BCUT2D eigenvalue weighted by atomic mass is 32.1. The quantitative estimate of drug-likeness (QED) is 0.263. The SMILES string of the molecule is Cc1ccccc1-c1nc(-c2ccc(NC(=O)c3cc([N+](=O)[O-])cc([N+](=O)[O-])c3C)cc2)cs1. The molecule has 0 spiro atoms. The molecule has 3 aromatic carbocycles. The fourth-order valence-electron chi connectivity index (χ4n) is 3.48. The summed E-state index contributed by atoms with van der Waals surface area (Å²) in [6.45, 7) is 3.42. The van der Waals surface area contributed by atoms with Crippen molar-refractivity contribution in [3.63, 3.8) is 0 Å². The van der Waals surface area contributed by atoms with Crippen LogP contribution in [0.1, 0.15) is 21.5 Å². The molecule has 0 aliphatic carbocycles. The van der Waals surface area contributed by atoms with Crippen molar-refractivity contribution in [3.05, 3.63) is 103 Å². The van der Waals surface area contributed by atoms with Crippen molar-refractivity contribution in [2.24, 2.45) is 0 Å². The number of benzene rings is 3. The van der Waals surface area contributed by atoms with Gasteiger partial charge in [-0.2, -0.15) is 0 Å². The van der Waals surface area contributed by atoms with Crippen LogP contribution in [0.15, 0.2) is 66.0 Å². The summed E-state index contributed by atoms with van der Waals surface area (Å²) < 4.78 is 0. The molecule has 0 bridgehead atoms. The van der Waals surface area contributed by atoms with Gasteiger partial charge in [0.25, 0.3) is 17.3 Å². The smallest absolute Gasteiger partial charge is 0.279 e. The van der Waals surface area contributed by atoms with E-state index in [4.69, 9.17) is 4.98 Å². The molecule has 0 fully saturated rings. The molecule has 0 saturated heterocycles. The molecule has 4 aromatic rings. The number of nitrogens with zero attached hydrogens (tertiary/aromatic N) is 3. The van der Waals surface area contributed by atoms with Gasteiger partial charge in [0.2, 0.25) is 0 Å². The second-order valence-corrected chi connectivity index (χ2v) is 8.39. The molecule has 34 heavy (non-hydrogen) atoms. The summed E-state index contributed by atoms with van der Waals surface area (Å²) in [5.74, 6) is -0.674. The van der Waals surface area contributed by atoms with E-state index in [9.17, 15) is 25.0 Å². The van der Waals surface area contributed by atoms with Gasteiger partial charge < -0.3 is 5.32 Å². The average molecular weight is 474 g/mol. The van der Waals surface area contributed by atoms with Crippen molar-refractivity contribution in [1.29, 1.82) is 0 Å². The van der Waals surface area contributed by atoms with Crippen LogP contribution in [0, 0.1) is 34.1 Å². The molecule has 1 amide bonds. The molecule has 0 unspecified atom stereocenters. The molecule has 9 nitrogen and oxygen atoms in total. The average Bonchev–Trinajstić information content (AvgIpc) is 3.29. The number of non-ortho nitro benzene ring substituents is 1. The van der Waals surface area contributed by atoms with E-state index in [0.29, 0.717) is 5.69 Å². The van der Waals surface area contributed by atoms with E-state index in [-0.39, 0.29) is 11.1 Å². The number of carbonyl (C=O) groups excluding carboxylic acids is 1. The van der Waals surface area contributed by atoms with Crippen LogP contribution in [0.4, 0.5) is 17.1 Å². The molecular weight excluding hydrogens is 456 g/mol. The molecule has 0 aliphatic rings. The van der Waals surface area contributed by atoms with Crippen LogP contribution in [-0.4, -0.2) is 20.7 Å². The normalized spacial score (nSPS) is 10.6. The van der Waals surface area contributed by atoms with Crippen LogP contribution in [0.3, 0.4) is 0 Å². The second-order valence-electron chi connectivity index (χ2n) is 7.54. The number of hydrogen-bond acceptors (Lipinski definition) is 7. The lowest BCUT2D eigenvalue weighted by atomic mass is 10.0. The molecular formula is C24H18N4O5S. The predicted octanol–water partition coefficient (Wildman–Crippen LogP) is 6.16. The van der Waals surface area contributed by atoms with Gasteiger partial charge in [-0.15, -0.1) is 11.3 Å². The minimum atomic E-state index is -0.767. The Hall–Kier alpha value is -4.44. The number of amides is 1. The highest BCUT2D eigenvalue weighted by Gasteiger charge is 2.24. The Morgan fingerprint density at radius 1 is 0.971 bits per heavy atom. The molecule has 1 aromatic heterocycles. The second kappa shape index (κ2) is 9.20. The Morgan fingerprint density at radius 3 is 2.32 bits per heavy atom. The first-order valence-corrected chi connectivity index (χ1v) is 11.0. The van der Waals surface area contributed by atoms with Crippen molar-refractivity contribution in [2.45, 2.75) is 13.8 Å². The van der Waals surface area contributed by atoms with Crippen LogP contribution in [-0.2, 0) is 0 Å². The van der Waals surface area contributed by atoms with Crippen molar-refractivity contribution >= 4 is 34.3 Å². The number of rotatable bonds is 6. The van der Waals surface area contributed by atoms with Crippen LogP contribution in [0.5, 0.6) is 0 Å². The van der Waals surface area contributed by atoms with Gasteiger partial charge in [-0.25, -0.2) is 4.98 Å². The maximum absolute atomic E-state index is 12.8. The minimum Gasteiger partial charge on any atom is -0.322 e. The fourth-order valence-corrected chi connectivity index (χ4v) is 4.40. The number of nitrogens with one attached hydrogen (secondary N) is 1. The Labute approximate surface area is 198 Å². The zero-order valence-electron chi connectivity index (χ0n) is 18.1. The number of carbonyl (C=O) groups is 1. The Morgan fingerprint density at radius 2 is 1.68 bits per heavy atom. The van der Waals surface area contributed by atoms with Gasteiger partial charge >= 0.3 is 0 Å². The number of nitro groups is 2. The van der Waals surface area contributed by atoms with Crippen LogP contribution in [0.2, 0.25) is 0 Å². The zero-order chi connectivity index (χ0) is 24.4. The minimum absolute atomic E-state index is 0.0518. The van der Waals surface area contributed by atoms with Gasteiger partial charge in [0.15, 0.2) is 0 Å². The number of hydrogen-bond donors (Lipinski definition) is 1. The largest absolute Gasteiger partial charge is 0.322 e. The van der Waals surface area contributed by atoms with E-state index < -0.39 is 27.1 Å². The van der Waals surface area contributed by atoms with Crippen LogP contribution >= 0.6 is 11.3 Å². The van der Waals surface area contributed by atoms with E-state index in [0.717, 1.165) is 39.5 Å². The number of aromatic nitrogens is 1. The van der Waals surface area contributed by atoms with E-state index >= 15 is 0 Å². The third-order valence-electron chi connectivity index (χ3n) is 5.34. The lowest BCUT2D eigenvalue weighted by Gasteiger charge is -2.09. The number of thiazole rings is 1. The highest BCUT2D eigenvalue weighted by molar-refractivity contribution is 7.13. The van der Waals surface area contributed by atoms with Gasteiger partial charge in [-0.3, -0.25) is 25.0 Å². The summed E-state index contributed by atoms with van der Waals surface area (Å²) >= 11 is 1.54. The van der Waals surface area contributed by atoms with Gasteiger partial charge in [0, 0.05) is 33.8 Å². The number of aryl methyl sites for hydroxylation is 1. The summed E-state index contributed by atoms with van der Waals surface area (Å²) in [6.07, 6.45) is 0. The topological polar surface area (TPSA) is 128 Å². The van der Waals surface area contributed by atoms with E-state index in [1.165, 1.54) is 6.92 Å². The molecule has 0 saturated carbocycles. The molecule has 4 rings (SSSR count). The Balaban J connectivity index is 1.56. The lowest BCUT2D eigenvalue weighted by molar-refractivity contribution is -0.394. The van der Waals surface area contributed by atoms with Crippen LogP contribution in [0.25, 0.3) is 21.8 Å². The van der Waals surface area contributed by atoms with Gasteiger partial charge in [0.05, 0.1) is 27.2 Å². The van der Waals surface area contributed by atoms with E-state index in [1.54, 1.807) is 35.6 Å². The predicted molar refractivity (Wildman–Crippen MR) is 130 cm³/mol. The van der Waals surface area contributed by atoms with Gasteiger partial charge in [-0.05, 0) is 31.5 Å². The van der Waals surface area contributed by atoms with Crippen molar-refractivity contribution in [3.8, 4) is 21.8 Å². The maximum Gasteiger partial charge on any atom is 0.279 e. The number of nitro benzene ring substituents is 2. The molecule has 1 heterocycles. The van der Waals surface area contributed by atoms with Crippen molar-refractivity contribution in [2.75, 3.05) is 5.32 Å². The molecule has 1 N–H and O–H groups in total. The molecule has 0 aliphatic heterocycles. The summed E-state index contributed by atoms with van der Waals surface area (Å²) in [5, 5.41) is 27.9. The molecule has 10 heteroatoms. The Kier molecular flexibility index (Phi) is 6.15. The van der Waals surface area contributed by atoms with Crippen molar-refractivity contribution in [1.82, 2.24) is 4.98 Å². The van der Waals surface area contributed by atoms with Gasteiger partial charge in [-0.1, -0.05) is 36.4 Å². The molecule has 0 atom stereocenters. The first-order valence-electron chi connectivity index (χ1n) is 10.1.